The molecule has 2 aromatic heterocycles. The fourth-order valence-electron chi connectivity index (χ4n) is 5.04. The van der Waals surface area contributed by atoms with Crippen molar-refractivity contribution in [3.63, 3.8) is 0 Å². The number of amides is 1. The molecule has 5 rings (SSSR count). The topological polar surface area (TPSA) is 126 Å². The summed E-state index contributed by atoms with van der Waals surface area (Å²) in [6, 6.07) is 13.0. The standard InChI is InChI=1S/C28H31FN6O3/c1-17-13-20(35-11-7-19(8-12-35)32-24(37)16-29)15-23-26(17)34-27(33-23)25-22(6-10-31-28(25)38)30-9-5-18-3-2-4-21(36)14-18/h2-4,6,10,13-15,19,36H,5,7-9,11-12,16H2,1H3,(H,32,37)(H,33,34)(H2,30,31,38). The quantitative estimate of drug-likeness (QED) is 0.243. The second kappa shape index (κ2) is 11.0. The summed E-state index contributed by atoms with van der Waals surface area (Å²) in [6.07, 6.45) is 3.77. The minimum atomic E-state index is -0.989. The molecule has 1 aliphatic heterocycles. The number of H-pyrrole nitrogens is 2. The summed E-state index contributed by atoms with van der Waals surface area (Å²) in [6.45, 7) is 3.07. The molecule has 1 amide bonds. The maximum atomic E-state index is 12.9. The number of pyridine rings is 1. The van der Waals surface area contributed by atoms with E-state index in [1.807, 2.05) is 25.1 Å². The van der Waals surface area contributed by atoms with E-state index < -0.39 is 12.6 Å². The van der Waals surface area contributed by atoms with Gasteiger partial charge >= 0.3 is 0 Å². The van der Waals surface area contributed by atoms with E-state index >= 15 is 0 Å². The van der Waals surface area contributed by atoms with Crippen molar-refractivity contribution in [2.24, 2.45) is 0 Å². The Labute approximate surface area is 219 Å². The number of fused-ring (bicyclic) bond motifs is 1. The third kappa shape index (κ3) is 5.49. The summed E-state index contributed by atoms with van der Waals surface area (Å²) in [7, 11) is 0. The van der Waals surface area contributed by atoms with E-state index in [9.17, 15) is 19.1 Å². The number of hydrogen-bond donors (Lipinski definition) is 5. The normalized spacial score (nSPS) is 14.1. The van der Waals surface area contributed by atoms with Crippen LogP contribution >= 0.6 is 0 Å². The van der Waals surface area contributed by atoms with Gasteiger partial charge in [0.15, 0.2) is 6.67 Å². The molecule has 0 saturated carbocycles. The Kier molecular flexibility index (Phi) is 7.30. The molecule has 198 valence electrons. The summed E-state index contributed by atoms with van der Waals surface area (Å²) >= 11 is 0. The van der Waals surface area contributed by atoms with Crippen LogP contribution in [0.2, 0.25) is 0 Å². The van der Waals surface area contributed by atoms with E-state index in [2.05, 4.69) is 31.6 Å². The number of hydrogen-bond acceptors (Lipinski definition) is 6. The van der Waals surface area contributed by atoms with Crippen LogP contribution < -0.4 is 21.1 Å². The molecule has 0 bridgehead atoms. The number of aromatic amines is 2. The van der Waals surface area contributed by atoms with Gasteiger partial charge in [0, 0.05) is 37.6 Å². The molecule has 0 unspecified atom stereocenters. The average molecular weight is 519 g/mol. The van der Waals surface area contributed by atoms with Crippen LogP contribution in [0.15, 0.2) is 53.5 Å². The molecule has 1 saturated heterocycles. The molecule has 0 aliphatic carbocycles. The van der Waals surface area contributed by atoms with Crippen molar-refractivity contribution in [3.8, 4) is 17.1 Å². The number of phenols is 1. The molecule has 0 spiro atoms. The number of piperidine rings is 1. The minimum absolute atomic E-state index is 0.0126. The number of nitrogens with zero attached hydrogens (tertiary/aromatic N) is 2. The Bertz CT molecular complexity index is 1510. The Balaban J connectivity index is 1.35. The zero-order valence-electron chi connectivity index (χ0n) is 21.2. The van der Waals surface area contributed by atoms with E-state index in [1.165, 1.54) is 0 Å². The highest BCUT2D eigenvalue weighted by Gasteiger charge is 2.22. The van der Waals surface area contributed by atoms with Gasteiger partial charge in [0.05, 0.1) is 16.7 Å². The maximum absolute atomic E-state index is 12.9. The molecule has 0 radical (unpaired) electrons. The molecular formula is C28H31FN6O3. The van der Waals surface area contributed by atoms with Crippen LogP contribution in [0.4, 0.5) is 15.8 Å². The molecule has 3 heterocycles. The second-order valence-electron chi connectivity index (χ2n) is 9.65. The average Bonchev–Trinajstić information content (AvgIpc) is 3.33. The summed E-state index contributed by atoms with van der Waals surface area (Å²) in [5.41, 5.74) is 5.49. The summed E-state index contributed by atoms with van der Waals surface area (Å²) in [5.74, 6) is 0.147. The number of aryl methyl sites for hydroxylation is 1. The van der Waals surface area contributed by atoms with Gasteiger partial charge in [0.25, 0.3) is 11.5 Å². The number of aromatic nitrogens is 3. The fourth-order valence-corrected chi connectivity index (χ4v) is 5.04. The molecule has 2 aromatic carbocycles. The largest absolute Gasteiger partial charge is 0.508 e. The highest BCUT2D eigenvalue weighted by Crippen LogP contribution is 2.30. The molecule has 0 atom stereocenters. The number of phenolic OH excluding ortho intramolecular Hbond substituents is 1. The molecule has 5 N–H and O–H groups in total. The van der Waals surface area contributed by atoms with E-state index in [4.69, 9.17) is 4.98 Å². The van der Waals surface area contributed by atoms with Crippen molar-refractivity contribution in [1.29, 1.82) is 0 Å². The van der Waals surface area contributed by atoms with Gasteiger partial charge in [-0.1, -0.05) is 12.1 Å². The minimum Gasteiger partial charge on any atom is -0.508 e. The summed E-state index contributed by atoms with van der Waals surface area (Å²) in [4.78, 5) is 37.4. The van der Waals surface area contributed by atoms with Crippen LogP contribution in [0.1, 0.15) is 24.0 Å². The number of halogens is 1. The number of alkyl halides is 1. The van der Waals surface area contributed by atoms with Gasteiger partial charge in [-0.25, -0.2) is 9.37 Å². The fraction of sp³-hybridized carbons (Fsp3) is 0.321. The van der Waals surface area contributed by atoms with Crippen molar-refractivity contribution in [1.82, 2.24) is 20.3 Å². The number of imidazole rings is 1. The SMILES string of the molecule is Cc1cc(N2CCC(NC(=O)CF)CC2)cc2[nH]c(-c3c(NCCc4cccc(O)c4)cc[nH]c3=O)nc12. The monoisotopic (exact) mass is 518 g/mol. The van der Waals surface area contributed by atoms with E-state index in [-0.39, 0.29) is 17.4 Å². The molecule has 1 fully saturated rings. The Hall–Kier alpha value is -4.34. The van der Waals surface area contributed by atoms with Crippen LogP contribution in [0.25, 0.3) is 22.4 Å². The van der Waals surface area contributed by atoms with Gasteiger partial charge in [-0.15, -0.1) is 0 Å². The first-order valence-corrected chi connectivity index (χ1v) is 12.8. The predicted molar refractivity (Wildman–Crippen MR) is 147 cm³/mol. The Morgan fingerprint density at radius 1 is 1.21 bits per heavy atom. The third-order valence-corrected chi connectivity index (χ3v) is 6.95. The first kappa shape index (κ1) is 25.3. The van der Waals surface area contributed by atoms with Crippen molar-refractivity contribution in [2.45, 2.75) is 32.2 Å². The lowest BCUT2D eigenvalue weighted by molar-refractivity contribution is -0.122. The lowest BCUT2D eigenvalue weighted by atomic mass is 10.0. The van der Waals surface area contributed by atoms with Crippen LogP contribution in [0, 0.1) is 6.92 Å². The number of carbonyl (C=O) groups is 1. The van der Waals surface area contributed by atoms with Crippen LogP contribution in [-0.2, 0) is 11.2 Å². The van der Waals surface area contributed by atoms with Crippen molar-refractivity contribution in [3.05, 3.63) is 70.1 Å². The zero-order valence-corrected chi connectivity index (χ0v) is 21.2. The maximum Gasteiger partial charge on any atom is 0.261 e. The Morgan fingerprint density at radius 2 is 2.03 bits per heavy atom. The molecule has 10 heteroatoms. The number of anilines is 2. The number of rotatable bonds is 8. The number of benzene rings is 2. The molecule has 4 aromatic rings. The third-order valence-electron chi connectivity index (χ3n) is 6.95. The number of carbonyl (C=O) groups excluding carboxylic acids is 1. The van der Waals surface area contributed by atoms with Crippen molar-refractivity contribution in [2.75, 3.05) is 36.5 Å². The highest BCUT2D eigenvalue weighted by molar-refractivity contribution is 5.87. The Morgan fingerprint density at radius 3 is 2.79 bits per heavy atom. The van der Waals surface area contributed by atoms with Gasteiger partial charge in [0.2, 0.25) is 0 Å². The molecule has 9 nitrogen and oxygen atoms in total. The number of aromatic hydroxyl groups is 1. The van der Waals surface area contributed by atoms with Crippen molar-refractivity contribution < 1.29 is 14.3 Å². The zero-order chi connectivity index (χ0) is 26.6. The summed E-state index contributed by atoms with van der Waals surface area (Å²) in [5, 5.41) is 15.8. The molecular weight excluding hydrogens is 487 g/mol. The van der Waals surface area contributed by atoms with E-state index in [0.717, 1.165) is 53.8 Å². The smallest absolute Gasteiger partial charge is 0.261 e. The summed E-state index contributed by atoms with van der Waals surface area (Å²) < 4.78 is 12.5. The van der Waals surface area contributed by atoms with Gasteiger partial charge in [-0.2, -0.15) is 0 Å². The van der Waals surface area contributed by atoms with Gasteiger partial charge in [-0.05, 0) is 67.6 Å². The second-order valence-corrected chi connectivity index (χ2v) is 9.65. The number of nitrogens with one attached hydrogen (secondary N) is 4. The lowest BCUT2D eigenvalue weighted by Gasteiger charge is -2.34. The van der Waals surface area contributed by atoms with Crippen LogP contribution in [-0.4, -0.2) is 58.3 Å². The van der Waals surface area contributed by atoms with E-state index in [1.54, 1.807) is 24.4 Å². The van der Waals surface area contributed by atoms with Crippen molar-refractivity contribution >= 4 is 28.3 Å². The van der Waals surface area contributed by atoms with Gasteiger partial charge in [0.1, 0.15) is 17.1 Å². The molecule has 38 heavy (non-hydrogen) atoms. The highest BCUT2D eigenvalue weighted by atomic mass is 19.1. The first-order valence-electron chi connectivity index (χ1n) is 12.8. The predicted octanol–water partition coefficient (Wildman–Crippen LogP) is 3.64. The van der Waals surface area contributed by atoms with Gasteiger partial charge < -0.3 is 30.6 Å². The van der Waals surface area contributed by atoms with Gasteiger partial charge in [-0.3, -0.25) is 9.59 Å². The lowest BCUT2D eigenvalue weighted by Crippen LogP contribution is -2.45. The van der Waals surface area contributed by atoms with Crippen LogP contribution in [0.3, 0.4) is 0 Å². The first-order chi connectivity index (χ1) is 18.4. The molecule has 1 aliphatic rings. The van der Waals surface area contributed by atoms with Crippen LogP contribution in [0.5, 0.6) is 5.75 Å². The van der Waals surface area contributed by atoms with E-state index in [0.29, 0.717) is 30.0 Å².